The predicted octanol–water partition coefficient (Wildman–Crippen LogP) is 38.9. The summed E-state index contributed by atoms with van der Waals surface area (Å²) in [6, 6.07) is 198. The highest BCUT2D eigenvalue weighted by Gasteiger charge is 2.27. The Morgan fingerprint density at radius 3 is 0.478 bits per heavy atom. The van der Waals surface area contributed by atoms with Crippen LogP contribution in [0.3, 0.4) is 0 Å². The van der Waals surface area contributed by atoms with E-state index < -0.39 is 0 Å². The summed E-state index contributed by atoms with van der Waals surface area (Å²) in [5.74, 6) is 0. The molecular formula is C138H86. The van der Waals surface area contributed by atoms with Gasteiger partial charge in [0.05, 0.1) is 0 Å². The molecule has 0 fully saturated rings. The van der Waals surface area contributed by atoms with Gasteiger partial charge in [0.15, 0.2) is 0 Å². The molecule has 0 nitrogen and oxygen atoms in total. The predicted molar refractivity (Wildman–Crippen MR) is 593 cm³/mol. The van der Waals surface area contributed by atoms with E-state index in [1.165, 1.54) is 174 Å². The molecule has 27 rings (SSSR count). The molecule has 0 spiro atoms. The average molecular weight is 1740 g/mol. The van der Waals surface area contributed by atoms with E-state index in [1.807, 2.05) is 0 Å². The molecule has 638 valence electrons. The molecule has 0 heterocycles. The van der Waals surface area contributed by atoms with Crippen molar-refractivity contribution in [3.63, 3.8) is 0 Å². The lowest BCUT2D eigenvalue weighted by atomic mass is 9.81. The van der Waals surface area contributed by atoms with Crippen LogP contribution in [0.15, 0.2) is 522 Å². The van der Waals surface area contributed by atoms with Gasteiger partial charge in [0, 0.05) is 0 Å². The summed E-state index contributed by atoms with van der Waals surface area (Å²) in [4.78, 5) is 0. The Hall–Kier alpha value is -17.9. The van der Waals surface area contributed by atoms with E-state index in [0.29, 0.717) is 0 Å². The van der Waals surface area contributed by atoms with E-state index in [9.17, 15) is 0 Å². The molecule has 0 aliphatic rings. The molecule has 0 atom stereocenters. The Balaban J connectivity index is 0.758. The lowest BCUT2D eigenvalue weighted by Gasteiger charge is -2.22. The van der Waals surface area contributed by atoms with Crippen molar-refractivity contribution in [1.82, 2.24) is 0 Å². The second-order valence-corrected chi connectivity index (χ2v) is 37.0. The van der Waals surface area contributed by atoms with Crippen molar-refractivity contribution >= 4 is 129 Å². The summed E-state index contributed by atoms with van der Waals surface area (Å²) in [7, 11) is 0. The second-order valence-electron chi connectivity index (χ2n) is 37.0. The zero-order chi connectivity index (χ0) is 90.8. The SMILES string of the molecule is c1ccc2c(-c3cc(-c4cc(-c5c6ccccc6c(-c6cc(-c7cc(-c8cccc9ccccc89)cc(-c8cccc9ccccc89)c7)cc(-c7ccc(-c8cccc9ccccc89)c8cccc(-c9cccc%10ccccc9%10)c78)c6)c6ccccc56)cc(-c5ccc(-c6cccc7ccccc67)c6cccc(-c7cccc8ccccc78)c56)c4)cc(-c4cccc5ccccc45)c3)cccc2c1. The van der Waals surface area contributed by atoms with Crippen molar-refractivity contribution in [3.8, 4) is 156 Å². The van der Waals surface area contributed by atoms with Gasteiger partial charge in [0.1, 0.15) is 0 Å². The van der Waals surface area contributed by atoms with Crippen molar-refractivity contribution in [3.05, 3.63) is 522 Å². The minimum absolute atomic E-state index is 1.10. The van der Waals surface area contributed by atoms with E-state index >= 15 is 0 Å². The summed E-state index contributed by atoms with van der Waals surface area (Å²) < 4.78 is 0. The van der Waals surface area contributed by atoms with Gasteiger partial charge in [0.2, 0.25) is 0 Å². The van der Waals surface area contributed by atoms with Crippen molar-refractivity contribution in [2.24, 2.45) is 0 Å². The highest BCUT2D eigenvalue weighted by Crippen LogP contribution is 2.54. The monoisotopic (exact) mass is 1740 g/mol. The van der Waals surface area contributed by atoms with E-state index in [2.05, 4.69) is 522 Å². The van der Waals surface area contributed by atoms with E-state index in [0.717, 1.165) is 111 Å². The number of rotatable bonds is 14. The van der Waals surface area contributed by atoms with Gasteiger partial charge in [-0.15, -0.1) is 0 Å². The van der Waals surface area contributed by atoms with E-state index in [4.69, 9.17) is 0 Å². The zero-order valence-electron chi connectivity index (χ0n) is 75.7. The maximum atomic E-state index is 2.54. The molecule has 0 saturated heterocycles. The third-order valence-electron chi connectivity index (χ3n) is 29.3. The number of hydrogen-bond donors (Lipinski definition) is 0. The van der Waals surface area contributed by atoms with Gasteiger partial charge >= 0.3 is 0 Å². The molecule has 0 N–H and O–H groups in total. The van der Waals surface area contributed by atoms with Gasteiger partial charge < -0.3 is 0 Å². The fraction of sp³-hybridized carbons (Fsp3) is 0. The smallest absolute Gasteiger partial charge is 0.00204 e. The van der Waals surface area contributed by atoms with Crippen molar-refractivity contribution in [2.45, 2.75) is 0 Å². The molecule has 0 amide bonds. The molecule has 0 unspecified atom stereocenters. The van der Waals surface area contributed by atoms with Gasteiger partial charge in [-0.1, -0.05) is 449 Å². The highest BCUT2D eigenvalue weighted by molar-refractivity contribution is 6.25. The third kappa shape index (κ3) is 13.5. The van der Waals surface area contributed by atoms with Crippen LogP contribution in [0, 0.1) is 0 Å². The lowest BCUT2D eigenvalue weighted by molar-refractivity contribution is 1.57. The number of fused-ring (bicyclic) bond motifs is 12. The normalized spacial score (nSPS) is 11.8. The molecular weight excluding hydrogens is 1660 g/mol. The minimum Gasteiger partial charge on any atom is -0.0616 e. The Bertz CT molecular complexity index is 8890. The first kappa shape index (κ1) is 79.8. The Morgan fingerprint density at radius 1 is 0.0797 bits per heavy atom. The van der Waals surface area contributed by atoms with E-state index in [1.54, 1.807) is 0 Å². The van der Waals surface area contributed by atoms with Gasteiger partial charge in [-0.3, -0.25) is 0 Å². The molecule has 27 aromatic rings. The molecule has 0 saturated carbocycles. The summed E-state index contributed by atoms with van der Waals surface area (Å²) in [5, 5.41) is 28.6. The molecule has 0 radical (unpaired) electrons. The number of benzene rings is 27. The van der Waals surface area contributed by atoms with Gasteiger partial charge in [-0.2, -0.15) is 0 Å². The molecule has 0 heteroatoms. The van der Waals surface area contributed by atoms with Crippen LogP contribution in [0.4, 0.5) is 0 Å². The van der Waals surface area contributed by atoms with Crippen molar-refractivity contribution in [2.75, 3.05) is 0 Å². The number of hydrogen-bond acceptors (Lipinski definition) is 0. The fourth-order valence-electron chi connectivity index (χ4n) is 23.1. The summed E-state index contributed by atoms with van der Waals surface area (Å²) in [6.45, 7) is 0. The third-order valence-corrected chi connectivity index (χ3v) is 29.3. The first-order valence-corrected chi connectivity index (χ1v) is 48.0. The Kier molecular flexibility index (Phi) is 19.1. The van der Waals surface area contributed by atoms with Crippen LogP contribution in [0.5, 0.6) is 0 Å². The van der Waals surface area contributed by atoms with Crippen LogP contribution in [-0.4, -0.2) is 0 Å². The topological polar surface area (TPSA) is 0 Å². The second kappa shape index (κ2) is 33.1. The largest absolute Gasteiger partial charge is 0.0616 e. The van der Waals surface area contributed by atoms with Crippen molar-refractivity contribution in [1.29, 1.82) is 0 Å². The summed E-state index contributed by atoms with van der Waals surface area (Å²) in [6.07, 6.45) is 0. The van der Waals surface area contributed by atoms with E-state index in [-0.39, 0.29) is 0 Å². The molecule has 27 aromatic carbocycles. The van der Waals surface area contributed by atoms with Crippen LogP contribution in [0.25, 0.3) is 285 Å². The molecule has 138 heavy (non-hydrogen) atoms. The highest BCUT2D eigenvalue weighted by atomic mass is 14.3. The maximum absolute atomic E-state index is 2.54. The molecule has 0 aliphatic heterocycles. The summed E-state index contributed by atoms with van der Waals surface area (Å²) >= 11 is 0. The van der Waals surface area contributed by atoms with Gasteiger partial charge in [-0.25, -0.2) is 0 Å². The Morgan fingerprint density at radius 2 is 0.225 bits per heavy atom. The van der Waals surface area contributed by atoms with Crippen LogP contribution < -0.4 is 0 Å². The van der Waals surface area contributed by atoms with Crippen LogP contribution in [0.2, 0.25) is 0 Å². The summed E-state index contributed by atoms with van der Waals surface area (Å²) in [5.41, 5.74) is 32.3. The van der Waals surface area contributed by atoms with Crippen molar-refractivity contribution < 1.29 is 0 Å². The average Bonchev–Trinajstić information content (AvgIpc) is 0.721. The lowest BCUT2D eigenvalue weighted by Crippen LogP contribution is -1.95. The maximum Gasteiger partial charge on any atom is -0.00204 e. The molecule has 0 bridgehead atoms. The molecule has 0 aliphatic carbocycles. The minimum atomic E-state index is 1.10. The van der Waals surface area contributed by atoms with Crippen LogP contribution in [-0.2, 0) is 0 Å². The first-order chi connectivity index (χ1) is 68.4. The fourth-order valence-corrected chi connectivity index (χ4v) is 23.1. The first-order valence-electron chi connectivity index (χ1n) is 48.0. The Labute approximate surface area is 800 Å². The quantitative estimate of drug-likeness (QED) is 0.0952. The van der Waals surface area contributed by atoms with Crippen LogP contribution >= 0.6 is 0 Å². The van der Waals surface area contributed by atoms with Gasteiger partial charge in [-0.05, 0) is 358 Å². The zero-order valence-corrected chi connectivity index (χ0v) is 75.7. The van der Waals surface area contributed by atoms with Crippen LogP contribution in [0.1, 0.15) is 0 Å². The van der Waals surface area contributed by atoms with Gasteiger partial charge in [0.25, 0.3) is 0 Å². The standard InChI is InChI=1S/C138H86/c1-9-47-107-87(31-1)39-21-59-115(107)99-75-95(76-100(83-99)116-60-22-40-88-32-2-10-48-108(88)116)97-79-103(119-71-73-125(121-63-25-43-91-35-5-13-51-111(91)121)129-69-29-67-127(137(119)129)123-65-27-45-93-37-7-15-53-113(93)123)85-105(81-97)135-131-55-17-19-57-133(131)136(134-58-20-18-56-132(134)135)106-82-98(96-77-101(117-61-23-41-89-33-3-11-49-109(89)117)84-102(78-96)118-62-24-42-90-34-4-12-50-110(90)118)80-104(86-106)120-72-74-126(122-64-26-44-92-36-6-14-52-112(92)122)130-70-30-68-128(138(120)130)124-66-28-46-94-38-8-16-54-114(94)124/h1-86H. The molecule has 0 aromatic heterocycles.